The molecule has 3 aromatic heterocycles. The van der Waals surface area contributed by atoms with Crippen molar-refractivity contribution in [2.45, 2.75) is 58.5 Å². The van der Waals surface area contributed by atoms with Crippen molar-refractivity contribution < 1.29 is 37.7 Å². The molecule has 0 fully saturated rings. The van der Waals surface area contributed by atoms with Crippen molar-refractivity contribution in [1.29, 1.82) is 5.26 Å². The second-order valence-corrected chi connectivity index (χ2v) is 12.2. The smallest absolute Gasteiger partial charge is 0.512 e. The third kappa shape index (κ3) is 10.4. The zero-order valence-electron chi connectivity index (χ0n) is 26.3. The molecule has 0 atom stereocenters. The van der Waals surface area contributed by atoms with E-state index < -0.39 is 11.7 Å². The Kier molecular flexibility index (Phi) is 13.1. The molecule has 0 radical (unpaired) electrons. The Bertz CT molecular complexity index is 1650. The summed E-state index contributed by atoms with van der Waals surface area (Å²) in [6.07, 6.45) is 0.471. The maximum Gasteiger partial charge on any atom is 3.00 e. The molecule has 9 heteroatoms. The Balaban J connectivity index is 0.000000383. The summed E-state index contributed by atoms with van der Waals surface area (Å²) >= 11 is 0. The zero-order valence-corrected chi connectivity index (χ0v) is 28.7. The summed E-state index contributed by atoms with van der Waals surface area (Å²) in [5, 5.41) is 6.25. The van der Waals surface area contributed by atoms with Crippen LogP contribution in [0.1, 0.15) is 58.2 Å². The number of benzene rings is 2. The van der Waals surface area contributed by atoms with Crippen LogP contribution in [-0.4, -0.2) is 15.0 Å². The van der Waals surface area contributed by atoms with E-state index in [0.717, 1.165) is 34.5 Å². The van der Waals surface area contributed by atoms with Crippen LogP contribution in [-0.2, 0) is 37.1 Å². The van der Waals surface area contributed by atoms with Crippen molar-refractivity contribution in [2.24, 2.45) is 0 Å². The third-order valence-electron chi connectivity index (χ3n) is 6.72. The Labute approximate surface area is 282 Å². The molecule has 5 rings (SSSR count). The van der Waals surface area contributed by atoms with Crippen LogP contribution in [0, 0.1) is 29.8 Å². The quantitative estimate of drug-likeness (QED) is 0.135. The molecule has 0 aliphatic rings. The average Bonchev–Trinajstić information content (AvgIpc) is 3.02. The molecule has 238 valence electrons. The molecule has 0 amide bonds. The van der Waals surface area contributed by atoms with Gasteiger partial charge in [0, 0.05) is 35.8 Å². The number of alkyl halides is 3. The molecule has 0 saturated heterocycles. The SMILES string of the molecule is CC(C)(C)c1ccnc(-c2[c-]c(-c3cc(C(C)(C)C)ccn3)cc(C(F)(F)F)c2)c1.Fc1c[c-]c(-c2ccccn2)cc1.[C-]#N.[Ir+3]. The molecule has 0 saturated carbocycles. The maximum absolute atomic E-state index is 13.7. The van der Waals surface area contributed by atoms with E-state index in [9.17, 15) is 17.6 Å². The molecule has 0 unspecified atom stereocenters. The van der Waals surface area contributed by atoms with Gasteiger partial charge in [0.1, 0.15) is 0 Å². The molecule has 0 bridgehead atoms. The number of rotatable bonds is 3. The first-order valence-electron chi connectivity index (χ1n) is 14.0. The van der Waals surface area contributed by atoms with Gasteiger partial charge in [0.05, 0.1) is 0 Å². The summed E-state index contributed by atoms with van der Waals surface area (Å²) in [4.78, 5) is 12.8. The van der Waals surface area contributed by atoms with Gasteiger partial charge in [-0.2, -0.15) is 13.2 Å². The molecule has 2 aromatic carbocycles. The van der Waals surface area contributed by atoms with Gasteiger partial charge in [-0.25, -0.2) is 0 Å². The second-order valence-electron chi connectivity index (χ2n) is 12.2. The van der Waals surface area contributed by atoms with Gasteiger partial charge in [-0.3, -0.25) is 14.4 Å². The van der Waals surface area contributed by atoms with Crippen molar-refractivity contribution in [3.8, 4) is 33.8 Å². The largest absolute Gasteiger partial charge is 3.00 e. The molecule has 4 nitrogen and oxygen atoms in total. The summed E-state index contributed by atoms with van der Waals surface area (Å²) in [7, 11) is 0. The van der Waals surface area contributed by atoms with Crippen LogP contribution in [0.4, 0.5) is 17.6 Å². The first-order chi connectivity index (χ1) is 21.1. The number of nitrogens with zero attached hydrogens (tertiary/aromatic N) is 4. The summed E-state index contributed by atoms with van der Waals surface area (Å²) in [5.74, 6) is -0.278. The number of aromatic nitrogens is 3. The van der Waals surface area contributed by atoms with Crippen LogP contribution in [0.3, 0.4) is 0 Å². The van der Waals surface area contributed by atoms with Gasteiger partial charge < -0.3 is 16.8 Å². The Morgan fingerprint density at radius 2 is 1.11 bits per heavy atom. The molecule has 0 aliphatic carbocycles. The molecule has 0 aliphatic heterocycles. The second kappa shape index (κ2) is 15.8. The van der Waals surface area contributed by atoms with Gasteiger partial charge in [0.2, 0.25) is 0 Å². The van der Waals surface area contributed by atoms with Crippen LogP contribution < -0.4 is 0 Å². The van der Waals surface area contributed by atoms with E-state index in [1.54, 1.807) is 24.7 Å². The summed E-state index contributed by atoms with van der Waals surface area (Å²) < 4.78 is 53.5. The van der Waals surface area contributed by atoms with Crippen LogP contribution in [0.15, 0.2) is 91.4 Å². The van der Waals surface area contributed by atoms with Crippen molar-refractivity contribution in [2.75, 3.05) is 0 Å². The Morgan fingerprint density at radius 3 is 1.50 bits per heavy atom. The van der Waals surface area contributed by atoms with Gasteiger partial charge in [-0.05, 0) is 51.4 Å². The number of pyridine rings is 3. The minimum absolute atomic E-state index is 0. The topological polar surface area (TPSA) is 62.5 Å². The van der Waals surface area contributed by atoms with Crippen molar-refractivity contribution in [3.63, 3.8) is 0 Å². The van der Waals surface area contributed by atoms with Gasteiger partial charge in [0.15, 0.2) is 0 Å². The molecule has 3 heterocycles. The Hall–Kier alpha value is -4.25. The van der Waals surface area contributed by atoms with E-state index in [-0.39, 0.29) is 36.8 Å². The van der Waals surface area contributed by atoms with E-state index >= 15 is 0 Å². The van der Waals surface area contributed by atoms with Crippen LogP contribution in [0.25, 0.3) is 33.8 Å². The molecule has 0 spiro atoms. The summed E-state index contributed by atoms with van der Waals surface area (Å²) in [6, 6.07) is 25.5. The van der Waals surface area contributed by atoms with Gasteiger partial charge in [-0.1, -0.05) is 76.9 Å². The fraction of sp³-hybridized carbons (Fsp3) is 0.243. The first kappa shape index (κ1) is 37.9. The standard InChI is InChI=1S/C25H26F3N2.C11H7FN.CN.Ir/c1-23(2,3)18-7-9-29-21(14-18)16-11-17(13-20(12-16)25(26,27)28)22-15-19(8-10-30-22)24(4,5)6;12-10-6-4-9(5-7-10)11-3-1-2-8-13-11;1-2;/h7-10,12-15H,1-6H3;1-4,6-8H;;/q3*-1;+3. The summed E-state index contributed by atoms with van der Waals surface area (Å²) in [6.45, 7) is 17.1. The normalized spacial score (nSPS) is 11.2. The first-order valence-corrected chi connectivity index (χ1v) is 14.0. The van der Waals surface area contributed by atoms with Crippen molar-refractivity contribution >= 4 is 0 Å². The number of hydrogen-bond donors (Lipinski definition) is 0. The molecule has 0 N–H and O–H groups in total. The number of halogens is 4. The number of hydrogen-bond acceptors (Lipinski definition) is 4. The fourth-order valence-electron chi connectivity index (χ4n) is 4.19. The van der Waals surface area contributed by atoms with Gasteiger partial charge >= 0.3 is 26.3 Å². The summed E-state index contributed by atoms with van der Waals surface area (Å²) in [5.41, 5.74) is 4.09. The molecular weight excluding hydrogens is 769 g/mol. The van der Waals surface area contributed by atoms with E-state index in [2.05, 4.69) is 68.6 Å². The maximum atomic E-state index is 13.7. The molecular formula is C37H33F4IrN4. The van der Waals surface area contributed by atoms with E-state index in [1.807, 2.05) is 42.5 Å². The van der Waals surface area contributed by atoms with Crippen molar-refractivity contribution in [3.05, 3.63) is 133 Å². The van der Waals surface area contributed by atoms with E-state index in [4.69, 9.17) is 11.8 Å². The zero-order chi connectivity index (χ0) is 33.4. The van der Waals surface area contributed by atoms with Crippen LogP contribution >= 0.6 is 0 Å². The molecule has 5 aromatic rings. The molecule has 46 heavy (non-hydrogen) atoms. The predicted molar refractivity (Wildman–Crippen MR) is 168 cm³/mol. The third-order valence-corrected chi connectivity index (χ3v) is 6.72. The van der Waals surface area contributed by atoms with E-state index in [1.165, 1.54) is 12.1 Å². The van der Waals surface area contributed by atoms with Crippen LogP contribution in [0.5, 0.6) is 0 Å². The Morgan fingerprint density at radius 1 is 0.609 bits per heavy atom. The van der Waals surface area contributed by atoms with E-state index in [0.29, 0.717) is 22.5 Å². The minimum atomic E-state index is -4.48. The fourth-order valence-corrected chi connectivity index (χ4v) is 4.19. The van der Waals surface area contributed by atoms with Gasteiger partial charge in [-0.15, -0.1) is 48.0 Å². The van der Waals surface area contributed by atoms with Crippen molar-refractivity contribution in [1.82, 2.24) is 15.0 Å². The van der Waals surface area contributed by atoms with Crippen LogP contribution in [0.2, 0.25) is 0 Å². The van der Waals surface area contributed by atoms with Gasteiger partial charge in [0.25, 0.3) is 0 Å². The average molecular weight is 802 g/mol. The predicted octanol–water partition coefficient (Wildman–Crippen LogP) is 10.0. The minimum Gasteiger partial charge on any atom is -0.512 e. The monoisotopic (exact) mass is 802 g/mol.